The van der Waals surface area contributed by atoms with Crippen LogP contribution in [0.1, 0.15) is 20.3 Å². The summed E-state index contributed by atoms with van der Waals surface area (Å²) in [6.07, 6.45) is 1.36. The van der Waals surface area contributed by atoms with Gasteiger partial charge in [-0.2, -0.15) is 0 Å². The van der Waals surface area contributed by atoms with Gasteiger partial charge in [0.15, 0.2) is 0 Å². The van der Waals surface area contributed by atoms with E-state index in [4.69, 9.17) is 0 Å². The van der Waals surface area contributed by atoms with E-state index >= 15 is 0 Å². The van der Waals surface area contributed by atoms with Crippen LogP contribution >= 0.6 is 7.26 Å². The van der Waals surface area contributed by atoms with Gasteiger partial charge < -0.3 is 0 Å². The molecular weight excluding hydrogens is 115 g/mol. The summed E-state index contributed by atoms with van der Waals surface area (Å²) in [5.41, 5.74) is 0.988. The van der Waals surface area contributed by atoms with Gasteiger partial charge in [0.05, 0.1) is 0 Å². The summed E-state index contributed by atoms with van der Waals surface area (Å²) >= 11 is 0. The molecule has 0 fully saturated rings. The molecule has 0 N–H and O–H groups in total. The van der Waals surface area contributed by atoms with Crippen LogP contribution in [0, 0.1) is 0 Å². The third kappa shape index (κ3) is 2.67. The van der Waals surface area contributed by atoms with Gasteiger partial charge >= 0.3 is 53.2 Å². The van der Waals surface area contributed by atoms with Gasteiger partial charge in [-0.15, -0.1) is 0 Å². The maximum atomic E-state index is 2.43. The van der Waals surface area contributed by atoms with Crippen molar-refractivity contribution in [2.45, 2.75) is 25.9 Å². The Morgan fingerprint density at radius 3 is 1.62 bits per heavy atom. The molecule has 0 aliphatic rings. The molecule has 0 aliphatic carbocycles. The first kappa shape index (κ1) is 8.43. The molecule has 0 aromatic carbocycles. The second-order valence-electron chi connectivity index (χ2n) is 3.68. The van der Waals surface area contributed by atoms with Gasteiger partial charge in [-0.25, -0.2) is 0 Å². The molecule has 0 aliphatic heterocycles. The van der Waals surface area contributed by atoms with E-state index in [1.54, 1.807) is 0 Å². The van der Waals surface area contributed by atoms with Crippen molar-refractivity contribution in [2.75, 3.05) is 20.0 Å². The zero-order chi connectivity index (χ0) is 6.78. The topological polar surface area (TPSA) is 0 Å². The fourth-order valence-electron chi connectivity index (χ4n) is 0.612. The number of hydrogen-bond acceptors (Lipinski definition) is 0. The molecule has 0 heterocycles. The molecule has 0 bridgehead atoms. The van der Waals surface area contributed by atoms with Crippen molar-refractivity contribution in [1.82, 2.24) is 0 Å². The fraction of sp³-hybridized carbons (Fsp3) is 1.00. The monoisotopic (exact) mass is 134 g/mol. The Balaban J connectivity index is 3.62. The molecule has 0 nitrogen and oxygen atoms in total. The predicted octanol–water partition coefficient (Wildman–Crippen LogP) is 2.42. The van der Waals surface area contributed by atoms with Crippen LogP contribution in [0.3, 0.4) is 0 Å². The van der Waals surface area contributed by atoms with E-state index in [-0.39, 0.29) is 0 Å². The summed E-state index contributed by atoms with van der Waals surface area (Å²) < 4.78 is 0. The third-order valence-electron chi connectivity index (χ3n) is 2.09. The van der Waals surface area contributed by atoms with Crippen LogP contribution in [0.5, 0.6) is 0 Å². The minimum absolute atomic E-state index is 0.761. The molecule has 0 rings (SSSR count). The summed E-state index contributed by atoms with van der Waals surface area (Å²) in [5.74, 6) is 0. The molecule has 0 aromatic heterocycles. The van der Waals surface area contributed by atoms with E-state index < -0.39 is 7.26 Å². The van der Waals surface area contributed by atoms with E-state index in [1.807, 2.05) is 0 Å². The Hall–Kier alpha value is 0.430. The summed E-state index contributed by atoms with van der Waals surface area (Å²) in [4.78, 5) is 0. The average Bonchev–Trinajstić information content (AvgIpc) is 1.62. The first-order valence-corrected chi connectivity index (χ1v) is 7.06. The molecule has 0 saturated heterocycles. The first-order chi connectivity index (χ1) is 3.48. The van der Waals surface area contributed by atoms with Crippen LogP contribution in [0.15, 0.2) is 0 Å². The second-order valence-corrected chi connectivity index (χ2v) is 9.39. The quantitative estimate of drug-likeness (QED) is 0.509. The van der Waals surface area contributed by atoms with E-state index in [2.05, 4.69) is 33.8 Å². The fourth-order valence-corrected chi connectivity index (χ4v) is 1.84. The van der Waals surface area contributed by atoms with E-state index in [9.17, 15) is 0 Å². The zero-order valence-electron chi connectivity index (χ0n) is 6.78. The molecule has 1 unspecified atom stereocenters. The van der Waals surface area contributed by atoms with Gasteiger partial charge in [-0.05, 0) is 0 Å². The van der Waals surface area contributed by atoms with Crippen LogP contribution < -0.4 is 0 Å². The number of rotatable bonds is 2. The van der Waals surface area contributed by atoms with Gasteiger partial charge in [0.1, 0.15) is 0 Å². The second kappa shape index (κ2) is 2.82. The molecule has 8 heavy (non-hydrogen) atoms. The minimum atomic E-state index is -0.761. The van der Waals surface area contributed by atoms with E-state index in [1.165, 1.54) is 6.42 Å². The molecule has 0 saturated carbocycles. The van der Waals surface area contributed by atoms with E-state index in [0.29, 0.717) is 0 Å². The Morgan fingerprint density at radius 2 is 1.62 bits per heavy atom. The van der Waals surface area contributed by atoms with E-state index in [0.717, 1.165) is 5.66 Å². The molecule has 1 atom stereocenters. The first-order valence-electron chi connectivity index (χ1n) is 3.48. The van der Waals surface area contributed by atoms with Crippen LogP contribution in [0.2, 0.25) is 0 Å². The molecule has 0 spiro atoms. The SMILES string of the molecule is CCC(C)[PH](C)(C)C. The Kier molecular flexibility index (Phi) is 2.98. The number of hydrogen-bond donors (Lipinski definition) is 0. The summed E-state index contributed by atoms with van der Waals surface area (Å²) in [6.45, 7) is 11.9. The molecular formula is C7H19P. The van der Waals surface area contributed by atoms with Crippen molar-refractivity contribution in [3.63, 3.8) is 0 Å². The third-order valence-corrected chi connectivity index (χ3v) is 5.46. The Bertz CT molecular complexity index is 61.3. The van der Waals surface area contributed by atoms with Gasteiger partial charge in [0, 0.05) is 0 Å². The van der Waals surface area contributed by atoms with Crippen molar-refractivity contribution in [3.8, 4) is 0 Å². The van der Waals surface area contributed by atoms with Crippen LogP contribution in [0.4, 0.5) is 0 Å². The molecule has 0 aromatic rings. The predicted molar refractivity (Wildman–Crippen MR) is 45.8 cm³/mol. The van der Waals surface area contributed by atoms with Crippen molar-refractivity contribution in [1.29, 1.82) is 0 Å². The van der Waals surface area contributed by atoms with Gasteiger partial charge in [-0.3, -0.25) is 0 Å². The van der Waals surface area contributed by atoms with Crippen molar-refractivity contribution >= 4 is 7.26 Å². The van der Waals surface area contributed by atoms with Crippen molar-refractivity contribution in [3.05, 3.63) is 0 Å². The summed E-state index contributed by atoms with van der Waals surface area (Å²) in [6, 6.07) is 0. The average molecular weight is 134 g/mol. The van der Waals surface area contributed by atoms with Crippen LogP contribution in [-0.4, -0.2) is 25.7 Å². The molecule has 52 valence electrons. The summed E-state index contributed by atoms with van der Waals surface area (Å²) in [5, 5.41) is 0. The van der Waals surface area contributed by atoms with Gasteiger partial charge in [-0.1, -0.05) is 0 Å². The summed E-state index contributed by atoms with van der Waals surface area (Å²) in [7, 11) is -0.761. The molecule has 0 radical (unpaired) electrons. The van der Waals surface area contributed by atoms with Crippen LogP contribution in [0.25, 0.3) is 0 Å². The Morgan fingerprint density at radius 1 is 1.25 bits per heavy atom. The normalized spacial score (nSPS) is 18.1. The molecule has 1 heteroatoms. The standard InChI is InChI=1S/C7H19P/c1-6-7(2)8(3,4)5/h7-8H,6H2,1-5H3. The maximum absolute atomic E-state index is 2.43. The zero-order valence-corrected chi connectivity index (χ0v) is 7.78. The van der Waals surface area contributed by atoms with Crippen LogP contribution in [-0.2, 0) is 0 Å². The Labute approximate surface area is 54.0 Å². The van der Waals surface area contributed by atoms with Crippen molar-refractivity contribution in [2.24, 2.45) is 0 Å². The van der Waals surface area contributed by atoms with Crippen molar-refractivity contribution < 1.29 is 0 Å². The van der Waals surface area contributed by atoms with Gasteiger partial charge in [0.2, 0.25) is 0 Å². The van der Waals surface area contributed by atoms with Gasteiger partial charge in [0.25, 0.3) is 0 Å². The molecule has 0 amide bonds.